The second-order valence-electron chi connectivity index (χ2n) is 6.16. The minimum Gasteiger partial charge on any atom is -0.469 e. The molecule has 0 saturated carbocycles. The number of nitrogens with zero attached hydrogens (tertiary/aromatic N) is 1. The lowest BCUT2D eigenvalue weighted by Crippen LogP contribution is -2.42. The molecule has 0 rings (SSSR count). The molecular weight excluding hydrogens is 405 g/mol. The van der Waals surface area contributed by atoms with Gasteiger partial charge in [0.05, 0.1) is 7.11 Å². The van der Waals surface area contributed by atoms with E-state index in [4.69, 9.17) is 0 Å². The highest BCUT2D eigenvalue weighted by Gasteiger charge is 2.06. The molecule has 0 aromatic rings. The first-order valence-corrected chi connectivity index (χ1v) is 8.61. The third-order valence-electron chi connectivity index (χ3n) is 3.44. The van der Waals surface area contributed by atoms with Gasteiger partial charge >= 0.3 is 5.97 Å². The lowest BCUT2D eigenvalue weighted by atomic mass is 10.0. The standard InChI is InChI=1S/C17H35N3O2.HI/c1-6-18-17(20-15(4)12-11-14(2)3)19-13-9-7-8-10-16(21)22-5;/h14-15H,6-13H2,1-5H3,(H2,18,19,20);1H. The topological polar surface area (TPSA) is 62.7 Å². The lowest BCUT2D eigenvalue weighted by Gasteiger charge is -2.18. The van der Waals surface area contributed by atoms with Crippen LogP contribution in [0.2, 0.25) is 0 Å². The van der Waals surface area contributed by atoms with E-state index in [-0.39, 0.29) is 29.9 Å². The van der Waals surface area contributed by atoms with Gasteiger partial charge in [0, 0.05) is 25.6 Å². The smallest absolute Gasteiger partial charge is 0.305 e. The fourth-order valence-corrected chi connectivity index (χ4v) is 2.06. The average Bonchev–Trinajstić information content (AvgIpc) is 2.48. The fraction of sp³-hybridized carbons (Fsp3) is 0.882. The van der Waals surface area contributed by atoms with Gasteiger partial charge in [-0.15, -0.1) is 24.0 Å². The Labute approximate surface area is 159 Å². The highest BCUT2D eigenvalue weighted by molar-refractivity contribution is 14.0. The van der Waals surface area contributed by atoms with Crippen molar-refractivity contribution in [2.75, 3.05) is 20.2 Å². The number of hydrogen-bond acceptors (Lipinski definition) is 3. The molecular formula is C17H36IN3O2. The third-order valence-corrected chi connectivity index (χ3v) is 3.44. The summed E-state index contributed by atoms with van der Waals surface area (Å²) in [6, 6.07) is 0.430. The van der Waals surface area contributed by atoms with Gasteiger partial charge in [0.15, 0.2) is 5.96 Å². The maximum Gasteiger partial charge on any atom is 0.305 e. The number of unbranched alkanes of at least 4 members (excludes halogenated alkanes) is 2. The zero-order valence-corrected chi connectivity index (χ0v) is 17.8. The lowest BCUT2D eigenvalue weighted by molar-refractivity contribution is -0.140. The molecule has 0 spiro atoms. The molecule has 0 amide bonds. The van der Waals surface area contributed by atoms with Crippen molar-refractivity contribution in [2.24, 2.45) is 10.9 Å². The van der Waals surface area contributed by atoms with Crippen LogP contribution in [0.5, 0.6) is 0 Å². The van der Waals surface area contributed by atoms with Crippen LogP contribution in [-0.2, 0) is 9.53 Å². The molecule has 0 heterocycles. The van der Waals surface area contributed by atoms with Gasteiger partial charge in [-0.2, -0.15) is 0 Å². The first-order valence-electron chi connectivity index (χ1n) is 8.61. The predicted octanol–water partition coefficient (Wildman–Crippen LogP) is 3.72. The summed E-state index contributed by atoms with van der Waals surface area (Å²) in [5, 5.41) is 6.74. The summed E-state index contributed by atoms with van der Waals surface area (Å²) in [6.45, 7) is 10.4. The SMILES string of the molecule is CCNC(=NCCCCCC(=O)OC)NC(C)CCC(C)C.I. The molecule has 6 heteroatoms. The molecule has 5 nitrogen and oxygen atoms in total. The number of ether oxygens (including phenoxy) is 1. The Balaban J connectivity index is 0. The molecule has 0 aliphatic heterocycles. The van der Waals surface area contributed by atoms with Crippen LogP contribution < -0.4 is 10.6 Å². The van der Waals surface area contributed by atoms with Crippen LogP contribution in [0.25, 0.3) is 0 Å². The van der Waals surface area contributed by atoms with Crippen molar-refractivity contribution in [1.29, 1.82) is 0 Å². The molecule has 23 heavy (non-hydrogen) atoms. The Hall–Kier alpha value is -0.530. The van der Waals surface area contributed by atoms with Crippen LogP contribution >= 0.6 is 24.0 Å². The van der Waals surface area contributed by atoms with Crippen molar-refractivity contribution in [3.05, 3.63) is 0 Å². The van der Waals surface area contributed by atoms with Crippen LogP contribution in [0.1, 0.15) is 66.2 Å². The summed E-state index contributed by atoms with van der Waals surface area (Å²) < 4.78 is 4.62. The number of esters is 1. The van der Waals surface area contributed by atoms with Gasteiger partial charge in [-0.3, -0.25) is 9.79 Å². The Morgan fingerprint density at radius 1 is 1.13 bits per heavy atom. The first kappa shape index (κ1) is 24.7. The van der Waals surface area contributed by atoms with Gasteiger partial charge in [-0.05, 0) is 45.4 Å². The molecule has 1 atom stereocenters. The largest absolute Gasteiger partial charge is 0.469 e. The second-order valence-corrected chi connectivity index (χ2v) is 6.16. The molecule has 0 aromatic carbocycles. The summed E-state index contributed by atoms with van der Waals surface area (Å²) in [7, 11) is 1.43. The Morgan fingerprint density at radius 3 is 2.39 bits per heavy atom. The second kappa shape index (κ2) is 16.3. The number of halogens is 1. The van der Waals surface area contributed by atoms with E-state index in [1.165, 1.54) is 13.5 Å². The van der Waals surface area contributed by atoms with Crippen molar-refractivity contribution < 1.29 is 9.53 Å². The van der Waals surface area contributed by atoms with Gasteiger partial charge in [-0.1, -0.05) is 20.3 Å². The van der Waals surface area contributed by atoms with Crippen LogP contribution in [0, 0.1) is 5.92 Å². The molecule has 0 bridgehead atoms. The van der Waals surface area contributed by atoms with E-state index < -0.39 is 0 Å². The number of carbonyl (C=O) groups excluding carboxylic acids is 1. The summed E-state index contributed by atoms with van der Waals surface area (Å²) in [5.74, 6) is 1.50. The molecule has 138 valence electrons. The monoisotopic (exact) mass is 441 g/mol. The number of hydrogen-bond donors (Lipinski definition) is 2. The van der Waals surface area contributed by atoms with E-state index in [0.29, 0.717) is 12.5 Å². The normalized spacial score (nSPS) is 12.5. The van der Waals surface area contributed by atoms with Crippen LogP contribution in [0.3, 0.4) is 0 Å². The van der Waals surface area contributed by atoms with E-state index in [0.717, 1.165) is 50.7 Å². The summed E-state index contributed by atoms with van der Waals surface area (Å²) in [4.78, 5) is 15.6. The predicted molar refractivity (Wildman–Crippen MR) is 109 cm³/mol. The molecule has 0 saturated heterocycles. The molecule has 0 aliphatic carbocycles. The van der Waals surface area contributed by atoms with Gasteiger partial charge in [-0.25, -0.2) is 0 Å². The number of rotatable bonds is 11. The maximum atomic E-state index is 11.0. The van der Waals surface area contributed by atoms with Crippen molar-refractivity contribution >= 4 is 35.9 Å². The molecule has 0 aromatic heterocycles. The van der Waals surface area contributed by atoms with Crippen molar-refractivity contribution in [1.82, 2.24) is 10.6 Å². The van der Waals surface area contributed by atoms with Gasteiger partial charge < -0.3 is 15.4 Å². The van der Waals surface area contributed by atoms with Crippen molar-refractivity contribution in [3.8, 4) is 0 Å². The van der Waals surface area contributed by atoms with E-state index in [2.05, 4.69) is 48.1 Å². The van der Waals surface area contributed by atoms with Crippen LogP contribution in [0.4, 0.5) is 0 Å². The van der Waals surface area contributed by atoms with Gasteiger partial charge in [0.25, 0.3) is 0 Å². The zero-order chi connectivity index (χ0) is 16.8. The number of carbonyl (C=O) groups is 1. The molecule has 1 unspecified atom stereocenters. The van der Waals surface area contributed by atoms with E-state index >= 15 is 0 Å². The molecule has 0 fully saturated rings. The minimum absolute atomic E-state index is 0. The van der Waals surface area contributed by atoms with Crippen molar-refractivity contribution in [2.45, 2.75) is 72.3 Å². The Kier molecular flexibility index (Phi) is 17.6. The maximum absolute atomic E-state index is 11.0. The zero-order valence-electron chi connectivity index (χ0n) is 15.5. The third kappa shape index (κ3) is 16.1. The number of guanidine groups is 1. The molecule has 2 N–H and O–H groups in total. The average molecular weight is 441 g/mol. The summed E-state index contributed by atoms with van der Waals surface area (Å²) in [5.41, 5.74) is 0. The number of nitrogens with one attached hydrogen (secondary N) is 2. The van der Waals surface area contributed by atoms with E-state index in [1.807, 2.05) is 0 Å². The summed E-state index contributed by atoms with van der Waals surface area (Å²) in [6.07, 6.45) is 5.75. The Bertz CT molecular complexity index is 323. The highest BCUT2D eigenvalue weighted by Crippen LogP contribution is 2.06. The van der Waals surface area contributed by atoms with E-state index in [9.17, 15) is 4.79 Å². The highest BCUT2D eigenvalue weighted by atomic mass is 127. The van der Waals surface area contributed by atoms with Gasteiger partial charge in [0.2, 0.25) is 0 Å². The number of methoxy groups -OCH3 is 1. The Morgan fingerprint density at radius 2 is 1.83 bits per heavy atom. The number of aliphatic imine (C=N–C) groups is 1. The fourth-order valence-electron chi connectivity index (χ4n) is 2.06. The van der Waals surface area contributed by atoms with Crippen LogP contribution in [0.15, 0.2) is 4.99 Å². The first-order chi connectivity index (χ1) is 10.5. The molecule has 0 radical (unpaired) electrons. The van der Waals surface area contributed by atoms with Crippen LogP contribution in [-0.4, -0.2) is 38.2 Å². The summed E-state index contributed by atoms with van der Waals surface area (Å²) >= 11 is 0. The quantitative estimate of drug-likeness (QED) is 0.169. The van der Waals surface area contributed by atoms with E-state index in [1.54, 1.807) is 0 Å². The molecule has 0 aliphatic rings. The van der Waals surface area contributed by atoms with Gasteiger partial charge in [0.1, 0.15) is 0 Å². The minimum atomic E-state index is -0.127. The van der Waals surface area contributed by atoms with Crippen molar-refractivity contribution in [3.63, 3.8) is 0 Å².